The van der Waals surface area contributed by atoms with E-state index in [-0.39, 0.29) is 25.4 Å². The average Bonchev–Trinajstić information content (AvgIpc) is 2.46. The normalized spacial score (nSPS) is 24.4. The number of aliphatic hydroxyl groups is 2. The molecule has 0 saturated carbocycles. The van der Waals surface area contributed by atoms with Crippen molar-refractivity contribution in [3.63, 3.8) is 0 Å². The number of hydrogen-bond donors (Lipinski definition) is 2. The zero-order valence-electron chi connectivity index (χ0n) is 12.0. The van der Waals surface area contributed by atoms with Crippen molar-refractivity contribution in [1.82, 2.24) is 0 Å². The van der Waals surface area contributed by atoms with Gasteiger partial charge < -0.3 is 19.7 Å². The van der Waals surface area contributed by atoms with E-state index < -0.39 is 0 Å². The van der Waals surface area contributed by atoms with Crippen LogP contribution in [0.5, 0.6) is 0 Å². The molecular weight excluding hydrogens is 244 g/mol. The smallest absolute Gasteiger partial charge is 0.157 e. The maximum atomic E-state index is 8.96. The minimum absolute atomic E-state index is 0.0248. The Hall–Kier alpha value is -0.420. The molecule has 0 aliphatic carbocycles. The van der Waals surface area contributed by atoms with Crippen molar-refractivity contribution < 1.29 is 19.7 Å². The summed E-state index contributed by atoms with van der Waals surface area (Å²) in [5.74, 6) is 0.418. The van der Waals surface area contributed by atoms with Crippen LogP contribution in [0.1, 0.15) is 39.0 Å². The van der Waals surface area contributed by atoms with Crippen molar-refractivity contribution in [2.75, 3.05) is 26.4 Å². The van der Waals surface area contributed by atoms with Gasteiger partial charge >= 0.3 is 0 Å². The lowest BCUT2D eigenvalue weighted by Crippen LogP contribution is -2.31. The molecule has 0 radical (unpaired) electrons. The molecule has 0 spiro atoms. The number of allylic oxidation sites excluding steroid dienone is 1. The Morgan fingerprint density at radius 1 is 1.16 bits per heavy atom. The molecule has 0 unspecified atom stereocenters. The molecule has 2 N–H and O–H groups in total. The standard InChI is InChI=1S/C15H28O4/c1-2-3-6-14-11-18-15(19-12-14)8-5-4-7-13(9-16)10-17/h3,6,13-17H,2,4-5,7-12H2,1H3. The van der Waals surface area contributed by atoms with Crippen LogP contribution in [0, 0.1) is 11.8 Å². The predicted octanol–water partition coefficient (Wildman–Crippen LogP) is 2.10. The molecule has 0 amide bonds. The number of ether oxygens (including phenoxy) is 2. The predicted molar refractivity (Wildman–Crippen MR) is 74.7 cm³/mol. The molecule has 0 aromatic heterocycles. The van der Waals surface area contributed by atoms with Gasteiger partial charge in [-0.25, -0.2) is 0 Å². The van der Waals surface area contributed by atoms with E-state index in [2.05, 4.69) is 19.1 Å². The molecule has 0 aromatic carbocycles. The van der Waals surface area contributed by atoms with E-state index >= 15 is 0 Å². The van der Waals surface area contributed by atoms with Crippen LogP contribution in [-0.4, -0.2) is 42.9 Å². The van der Waals surface area contributed by atoms with Crippen LogP contribution < -0.4 is 0 Å². The Morgan fingerprint density at radius 2 is 1.84 bits per heavy atom. The fourth-order valence-corrected chi connectivity index (χ4v) is 2.15. The van der Waals surface area contributed by atoms with Crippen LogP contribution in [-0.2, 0) is 9.47 Å². The monoisotopic (exact) mass is 272 g/mol. The van der Waals surface area contributed by atoms with Crippen molar-refractivity contribution in [2.24, 2.45) is 11.8 Å². The first kappa shape index (κ1) is 16.6. The third-order valence-corrected chi connectivity index (χ3v) is 3.45. The summed E-state index contributed by atoms with van der Waals surface area (Å²) in [5.41, 5.74) is 0. The van der Waals surface area contributed by atoms with E-state index in [4.69, 9.17) is 19.7 Å². The minimum Gasteiger partial charge on any atom is -0.396 e. The average molecular weight is 272 g/mol. The van der Waals surface area contributed by atoms with E-state index in [9.17, 15) is 0 Å². The number of hydrogen-bond acceptors (Lipinski definition) is 4. The molecule has 1 rings (SSSR count). The number of aliphatic hydroxyl groups excluding tert-OH is 2. The molecule has 1 heterocycles. The van der Waals surface area contributed by atoms with Crippen LogP contribution in [0.15, 0.2) is 12.2 Å². The van der Waals surface area contributed by atoms with Crippen LogP contribution in [0.4, 0.5) is 0 Å². The maximum Gasteiger partial charge on any atom is 0.157 e. The highest BCUT2D eigenvalue weighted by molar-refractivity contribution is 4.88. The van der Waals surface area contributed by atoms with Gasteiger partial charge in [-0.1, -0.05) is 25.5 Å². The quantitative estimate of drug-likeness (QED) is 0.498. The summed E-state index contributed by atoms with van der Waals surface area (Å²) >= 11 is 0. The third kappa shape index (κ3) is 7.06. The van der Waals surface area contributed by atoms with Gasteiger partial charge in [-0.3, -0.25) is 0 Å². The van der Waals surface area contributed by atoms with Gasteiger partial charge in [0.25, 0.3) is 0 Å². The number of rotatable bonds is 9. The van der Waals surface area contributed by atoms with Crippen molar-refractivity contribution >= 4 is 0 Å². The van der Waals surface area contributed by atoms with Gasteiger partial charge in [-0.05, 0) is 25.7 Å². The first-order valence-corrected chi connectivity index (χ1v) is 7.41. The van der Waals surface area contributed by atoms with E-state index in [1.54, 1.807) is 0 Å². The molecule has 1 aliphatic rings. The van der Waals surface area contributed by atoms with E-state index in [0.29, 0.717) is 5.92 Å². The van der Waals surface area contributed by atoms with Gasteiger partial charge in [0.2, 0.25) is 0 Å². The Labute approximate surface area is 116 Å². The molecule has 1 aliphatic heterocycles. The van der Waals surface area contributed by atoms with Gasteiger partial charge in [-0.15, -0.1) is 0 Å². The van der Waals surface area contributed by atoms with Crippen LogP contribution in [0.25, 0.3) is 0 Å². The second-order valence-electron chi connectivity index (χ2n) is 5.21. The lowest BCUT2D eigenvalue weighted by Gasteiger charge is -2.28. The van der Waals surface area contributed by atoms with Gasteiger partial charge in [0, 0.05) is 25.0 Å². The molecule has 112 valence electrons. The van der Waals surface area contributed by atoms with E-state index in [1.807, 2.05) is 0 Å². The second kappa shape index (κ2) is 10.4. The van der Waals surface area contributed by atoms with Crippen molar-refractivity contribution in [1.29, 1.82) is 0 Å². The summed E-state index contributed by atoms with van der Waals surface area (Å²) in [6.07, 6.45) is 9.06. The van der Waals surface area contributed by atoms with E-state index in [1.165, 1.54) is 0 Å². The summed E-state index contributed by atoms with van der Waals surface area (Å²) in [5, 5.41) is 17.9. The molecule has 0 aromatic rings. The Morgan fingerprint density at radius 3 is 2.42 bits per heavy atom. The Kier molecular flexibility index (Phi) is 9.08. The topological polar surface area (TPSA) is 58.9 Å². The largest absolute Gasteiger partial charge is 0.396 e. The van der Waals surface area contributed by atoms with Crippen LogP contribution in [0.3, 0.4) is 0 Å². The third-order valence-electron chi connectivity index (χ3n) is 3.45. The summed E-state index contributed by atoms with van der Waals surface area (Å²) in [6, 6.07) is 0. The molecule has 0 bridgehead atoms. The SMILES string of the molecule is CCC=CC1COC(CCCCC(CO)CO)OC1. The number of unbranched alkanes of at least 4 members (excludes halogenated alkanes) is 1. The molecular formula is C15H28O4. The highest BCUT2D eigenvalue weighted by atomic mass is 16.7. The summed E-state index contributed by atoms with van der Waals surface area (Å²) in [6.45, 7) is 3.75. The Bertz CT molecular complexity index is 230. The highest BCUT2D eigenvalue weighted by Crippen LogP contribution is 2.18. The van der Waals surface area contributed by atoms with Crippen LogP contribution in [0.2, 0.25) is 0 Å². The van der Waals surface area contributed by atoms with Gasteiger partial charge in [0.1, 0.15) is 0 Å². The molecule has 1 fully saturated rings. The minimum atomic E-state index is -0.0759. The van der Waals surface area contributed by atoms with Crippen LogP contribution >= 0.6 is 0 Å². The lowest BCUT2D eigenvalue weighted by atomic mass is 10.0. The maximum absolute atomic E-state index is 8.96. The van der Waals surface area contributed by atoms with Crippen molar-refractivity contribution in [3.05, 3.63) is 12.2 Å². The molecule has 0 atom stereocenters. The summed E-state index contributed by atoms with van der Waals surface area (Å²) in [7, 11) is 0. The molecule has 1 saturated heterocycles. The zero-order valence-corrected chi connectivity index (χ0v) is 12.0. The summed E-state index contributed by atoms with van der Waals surface area (Å²) < 4.78 is 11.4. The van der Waals surface area contributed by atoms with Crippen molar-refractivity contribution in [2.45, 2.75) is 45.3 Å². The van der Waals surface area contributed by atoms with Gasteiger partial charge in [0.15, 0.2) is 6.29 Å². The second-order valence-corrected chi connectivity index (χ2v) is 5.21. The van der Waals surface area contributed by atoms with Crippen molar-refractivity contribution in [3.8, 4) is 0 Å². The van der Waals surface area contributed by atoms with E-state index in [0.717, 1.165) is 45.3 Å². The molecule has 4 nitrogen and oxygen atoms in total. The first-order valence-electron chi connectivity index (χ1n) is 7.41. The lowest BCUT2D eigenvalue weighted by molar-refractivity contribution is -0.196. The van der Waals surface area contributed by atoms with Gasteiger partial charge in [0.05, 0.1) is 13.2 Å². The zero-order chi connectivity index (χ0) is 13.9. The molecule has 4 heteroatoms. The fraction of sp³-hybridized carbons (Fsp3) is 0.867. The first-order chi connectivity index (χ1) is 9.30. The fourth-order valence-electron chi connectivity index (χ4n) is 2.15. The van der Waals surface area contributed by atoms with Gasteiger partial charge in [-0.2, -0.15) is 0 Å². The Balaban J connectivity index is 2.05. The summed E-state index contributed by atoms with van der Waals surface area (Å²) in [4.78, 5) is 0. The highest BCUT2D eigenvalue weighted by Gasteiger charge is 2.19. The molecule has 19 heavy (non-hydrogen) atoms.